The molecule has 0 amide bonds. The molecule has 5 rings (SSSR count). The van der Waals surface area contributed by atoms with E-state index in [4.69, 9.17) is 9.47 Å². The predicted octanol–water partition coefficient (Wildman–Crippen LogP) is 4.30. The molecular formula is C25H30F3N3O2. The lowest BCUT2D eigenvalue weighted by Gasteiger charge is -2.40. The van der Waals surface area contributed by atoms with Crippen LogP contribution in [0, 0.1) is 11.8 Å². The van der Waals surface area contributed by atoms with Crippen LogP contribution in [0.25, 0.3) is 6.08 Å². The van der Waals surface area contributed by atoms with Gasteiger partial charge in [0, 0.05) is 39.5 Å². The van der Waals surface area contributed by atoms with Gasteiger partial charge in [-0.15, -0.1) is 0 Å². The van der Waals surface area contributed by atoms with Crippen LogP contribution in [0.3, 0.4) is 0 Å². The molecule has 178 valence electrons. The number of methoxy groups -OCH3 is 1. The second-order valence-electron chi connectivity index (χ2n) is 9.07. The monoisotopic (exact) mass is 461 g/mol. The molecule has 5 nitrogen and oxygen atoms in total. The van der Waals surface area contributed by atoms with Gasteiger partial charge in [0.1, 0.15) is 11.4 Å². The summed E-state index contributed by atoms with van der Waals surface area (Å²) in [6.07, 6.45) is -1.55. The largest absolute Gasteiger partial charge is 0.417 e. The van der Waals surface area contributed by atoms with Gasteiger partial charge in [-0.2, -0.15) is 13.2 Å². The van der Waals surface area contributed by atoms with E-state index >= 15 is 0 Å². The fourth-order valence-corrected chi connectivity index (χ4v) is 4.77. The van der Waals surface area contributed by atoms with Crippen molar-refractivity contribution in [2.75, 3.05) is 58.5 Å². The second kappa shape index (κ2) is 9.44. The maximum Gasteiger partial charge on any atom is 0.417 e. The minimum Gasteiger partial charge on any atom is -0.375 e. The third kappa shape index (κ3) is 5.08. The molecule has 33 heavy (non-hydrogen) atoms. The SMILES string of the molecule is C=Cc1ccc(C2(OC)COC2)cc1.CN1CC2CN(c3ccc(C(F)(F)F)cn3)CC2C1. The Morgan fingerprint density at radius 2 is 1.70 bits per heavy atom. The molecule has 2 unspecified atom stereocenters. The van der Waals surface area contributed by atoms with E-state index in [2.05, 4.69) is 40.5 Å². The van der Waals surface area contributed by atoms with E-state index in [1.54, 1.807) is 7.11 Å². The Morgan fingerprint density at radius 1 is 1.06 bits per heavy atom. The summed E-state index contributed by atoms with van der Waals surface area (Å²) in [5.41, 5.74) is 1.41. The van der Waals surface area contributed by atoms with Crippen LogP contribution in [-0.4, -0.2) is 63.4 Å². The van der Waals surface area contributed by atoms with Gasteiger partial charge in [-0.1, -0.05) is 36.9 Å². The summed E-state index contributed by atoms with van der Waals surface area (Å²) >= 11 is 0. The molecule has 3 aliphatic rings. The average molecular weight is 462 g/mol. The summed E-state index contributed by atoms with van der Waals surface area (Å²) in [5, 5.41) is 0. The minimum atomic E-state index is -4.31. The first kappa shape index (κ1) is 23.7. The predicted molar refractivity (Wildman–Crippen MR) is 122 cm³/mol. The number of pyridine rings is 1. The Morgan fingerprint density at radius 3 is 2.12 bits per heavy atom. The number of rotatable bonds is 4. The number of hydrogen-bond acceptors (Lipinski definition) is 5. The Hall–Kier alpha value is -2.42. The van der Waals surface area contributed by atoms with Gasteiger partial charge in [0.05, 0.1) is 18.8 Å². The summed E-state index contributed by atoms with van der Waals surface area (Å²) in [6, 6.07) is 10.8. The van der Waals surface area contributed by atoms with Gasteiger partial charge < -0.3 is 19.3 Å². The van der Waals surface area contributed by atoms with Crippen molar-refractivity contribution in [3.63, 3.8) is 0 Å². The number of anilines is 1. The number of aromatic nitrogens is 1. The van der Waals surface area contributed by atoms with Crippen LogP contribution in [0.5, 0.6) is 0 Å². The van der Waals surface area contributed by atoms with Crippen molar-refractivity contribution in [2.45, 2.75) is 11.8 Å². The highest BCUT2D eigenvalue weighted by Crippen LogP contribution is 2.34. The quantitative estimate of drug-likeness (QED) is 0.679. The van der Waals surface area contributed by atoms with Crippen LogP contribution in [0.15, 0.2) is 49.2 Å². The van der Waals surface area contributed by atoms with Gasteiger partial charge in [0.25, 0.3) is 0 Å². The van der Waals surface area contributed by atoms with Crippen molar-refractivity contribution < 1.29 is 22.6 Å². The van der Waals surface area contributed by atoms with Crippen molar-refractivity contribution in [2.24, 2.45) is 11.8 Å². The van der Waals surface area contributed by atoms with Gasteiger partial charge in [-0.25, -0.2) is 4.98 Å². The van der Waals surface area contributed by atoms with E-state index < -0.39 is 11.7 Å². The van der Waals surface area contributed by atoms with E-state index in [0.29, 0.717) is 30.9 Å². The molecule has 0 spiro atoms. The highest BCUT2D eigenvalue weighted by molar-refractivity contribution is 5.48. The van der Waals surface area contributed by atoms with Crippen molar-refractivity contribution in [1.82, 2.24) is 9.88 Å². The van der Waals surface area contributed by atoms with Gasteiger partial charge in [0.2, 0.25) is 0 Å². The van der Waals surface area contributed by atoms with Crippen LogP contribution in [0.1, 0.15) is 16.7 Å². The Labute approximate surface area is 192 Å². The number of nitrogens with zero attached hydrogens (tertiary/aromatic N) is 3. The highest BCUT2D eigenvalue weighted by atomic mass is 19.4. The number of hydrogen-bond donors (Lipinski definition) is 0. The summed E-state index contributed by atoms with van der Waals surface area (Å²) in [5.74, 6) is 1.90. The Kier molecular flexibility index (Phi) is 6.79. The summed E-state index contributed by atoms with van der Waals surface area (Å²) in [7, 11) is 3.84. The molecule has 3 aliphatic heterocycles. The van der Waals surface area contributed by atoms with Gasteiger partial charge in [0.15, 0.2) is 0 Å². The summed E-state index contributed by atoms with van der Waals surface area (Å²) in [6.45, 7) is 8.96. The first-order valence-corrected chi connectivity index (χ1v) is 11.1. The first-order chi connectivity index (χ1) is 15.7. The molecule has 8 heteroatoms. The molecule has 0 N–H and O–H groups in total. The zero-order valence-electron chi connectivity index (χ0n) is 19.0. The fourth-order valence-electron chi connectivity index (χ4n) is 4.77. The zero-order chi connectivity index (χ0) is 23.6. The molecule has 0 radical (unpaired) electrons. The third-order valence-electron chi connectivity index (χ3n) is 6.80. The molecule has 0 aliphatic carbocycles. The smallest absolute Gasteiger partial charge is 0.375 e. The number of ether oxygens (including phenoxy) is 2. The fraction of sp³-hybridized carbons (Fsp3) is 0.480. The minimum absolute atomic E-state index is 0.209. The van der Waals surface area contributed by atoms with Gasteiger partial charge >= 0.3 is 6.18 Å². The topological polar surface area (TPSA) is 37.8 Å². The molecule has 4 heterocycles. The zero-order valence-corrected chi connectivity index (χ0v) is 19.0. The molecule has 1 aromatic carbocycles. The Balaban J connectivity index is 0.000000165. The molecular weight excluding hydrogens is 431 g/mol. The molecule has 0 bridgehead atoms. The van der Waals surface area contributed by atoms with E-state index in [1.165, 1.54) is 11.6 Å². The number of halogens is 3. The van der Waals surface area contributed by atoms with Crippen molar-refractivity contribution >= 4 is 11.9 Å². The molecule has 0 saturated carbocycles. The van der Waals surface area contributed by atoms with Crippen LogP contribution < -0.4 is 4.90 Å². The van der Waals surface area contributed by atoms with E-state index in [1.807, 2.05) is 18.2 Å². The molecule has 1 aromatic heterocycles. The van der Waals surface area contributed by atoms with Crippen LogP contribution in [0.2, 0.25) is 0 Å². The first-order valence-electron chi connectivity index (χ1n) is 11.1. The molecule has 3 fully saturated rings. The van der Waals surface area contributed by atoms with Crippen LogP contribution in [0.4, 0.5) is 19.0 Å². The van der Waals surface area contributed by atoms with Crippen molar-refractivity contribution in [3.05, 3.63) is 65.9 Å². The maximum atomic E-state index is 12.5. The number of benzene rings is 1. The lowest BCUT2D eigenvalue weighted by atomic mass is 9.91. The standard InChI is InChI=1S/C13H16F3N3.C12H14O2/c1-18-5-9-7-19(8-10(9)6-18)12-3-2-11(4-17-12)13(14,15)16;1-3-10-4-6-11(7-5-10)12(13-2)8-14-9-12/h2-4,9-10H,5-8H2,1H3;3-7H,1,8-9H2,2H3. The van der Waals surface area contributed by atoms with E-state index in [0.717, 1.165) is 44.0 Å². The number of likely N-dealkylation sites (tertiary alicyclic amines) is 1. The third-order valence-corrected chi connectivity index (χ3v) is 6.80. The summed E-state index contributed by atoms with van der Waals surface area (Å²) in [4.78, 5) is 8.38. The van der Waals surface area contributed by atoms with Gasteiger partial charge in [-0.05, 0) is 42.1 Å². The Bertz CT molecular complexity index is 923. The van der Waals surface area contributed by atoms with Crippen molar-refractivity contribution in [1.29, 1.82) is 0 Å². The average Bonchev–Trinajstić information content (AvgIpc) is 3.31. The maximum absolute atomic E-state index is 12.5. The lowest BCUT2D eigenvalue weighted by molar-refractivity contribution is -0.202. The van der Waals surface area contributed by atoms with Crippen LogP contribution >= 0.6 is 0 Å². The normalized spacial score (nSPS) is 24.0. The van der Waals surface area contributed by atoms with E-state index in [9.17, 15) is 13.2 Å². The lowest BCUT2D eigenvalue weighted by Crippen LogP contribution is -2.48. The second-order valence-corrected chi connectivity index (χ2v) is 9.07. The number of fused-ring (bicyclic) bond motifs is 1. The molecule has 3 saturated heterocycles. The van der Waals surface area contributed by atoms with Crippen LogP contribution in [-0.2, 0) is 21.3 Å². The molecule has 2 atom stereocenters. The van der Waals surface area contributed by atoms with Gasteiger partial charge in [-0.3, -0.25) is 0 Å². The van der Waals surface area contributed by atoms with E-state index in [-0.39, 0.29) is 5.60 Å². The molecule has 2 aromatic rings. The highest BCUT2D eigenvalue weighted by Gasteiger charge is 2.41. The number of alkyl halides is 3. The van der Waals surface area contributed by atoms with Crippen molar-refractivity contribution in [3.8, 4) is 0 Å². The summed E-state index contributed by atoms with van der Waals surface area (Å²) < 4.78 is 48.1.